The summed E-state index contributed by atoms with van der Waals surface area (Å²) in [7, 11) is 0. The van der Waals surface area contributed by atoms with Crippen molar-refractivity contribution in [3.8, 4) is 0 Å². The van der Waals surface area contributed by atoms with Gasteiger partial charge in [-0.3, -0.25) is 14.4 Å². The maximum Gasteiger partial charge on any atom is 0.303 e. The molecule has 0 saturated carbocycles. The van der Waals surface area contributed by atoms with E-state index in [2.05, 4.69) is 5.32 Å². The van der Waals surface area contributed by atoms with Gasteiger partial charge in [-0.1, -0.05) is 60.7 Å². The molecule has 1 saturated heterocycles. The van der Waals surface area contributed by atoms with E-state index in [9.17, 15) is 14.4 Å². The molecular formula is C24H27NO7. The summed E-state index contributed by atoms with van der Waals surface area (Å²) in [6.45, 7) is 2.83. The van der Waals surface area contributed by atoms with Crippen LogP contribution in [0.4, 0.5) is 0 Å². The number of benzene rings is 2. The normalized spacial score (nSPS) is 22.6. The molecular weight excluding hydrogens is 414 g/mol. The topological polar surface area (TPSA) is 100 Å². The van der Waals surface area contributed by atoms with E-state index in [1.807, 2.05) is 60.7 Å². The fourth-order valence-electron chi connectivity index (χ4n) is 3.47. The molecule has 1 amide bonds. The molecule has 4 atom stereocenters. The van der Waals surface area contributed by atoms with E-state index in [-0.39, 0.29) is 19.8 Å². The monoisotopic (exact) mass is 441 g/mol. The van der Waals surface area contributed by atoms with E-state index in [1.54, 1.807) is 0 Å². The highest BCUT2D eigenvalue weighted by molar-refractivity contribution is 5.85. The number of amides is 1. The Morgan fingerprint density at radius 3 is 1.84 bits per heavy atom. The van der Waals surface area contributed by atoms with Crippen LogP contribution in [-0.2, 0) is 46.5 Å². The lowest BCUT2D eigenvalue weighted by atomic mass is 9.94. The molecule has 8 heteroatoms. The number of esters is 2. The van der Waals surface area contributed by atoms with Crippen LogP contribution >= 0.6 is 0 Å². The molecule has 1 aliphatic rings. The average Bonchev–Trinajstić information content (AvgIpc) is 2.78. The minimum absolute atomic E-state index is 0.0987. The summed E-state index contributed by atoms with van der Waals surface area (Å²) in [5.74, 6) is -1.63. The maximum absolute atomic E-state index is 12.8. The van der Waals surface area contributed by atoms with Crippen LogP contribution in [0.2, 0.25) is 0 Å². The van der Waals surface area contributed by atoms with Crippen LogP contribution in [0, 0.1) is 0 Å². The molecule has 1 heterocycles. The Balaban J connectivity index is 1.85. The van der Waals surface area contributed by atoms with E-state index >= 15 is 0 Å². The van der Waals surface area contributed by atoms with Crippen molar-refractivity contribution < 1.29 is 33.3 Å². The number of hydrogen-bond donors (Lipinski definition) is 1. The van der Waals surface area contributed by atoms with Crippen molar-refractivity contribution in [1.82, 2.24) is 5.32 Å². The first-order chi connectivity index (χ1) is 15.4. The van der Waals surface area contributed by atoms with E-state index in [4.69, 9.17) is 18.9 Å². The second-order valence-corrected chi connectivity index (χ2v) is 7.47. The van der Waals surface area contributed by atoms with E-state index < -0.39 is 42.2 Å². The molecule has 0 radical (unpaired) electrons. The van der Waals surface area contributed by atoms with E-state index in [1.165, 1.54) is 13.8 Å². The van der Waals surface area contributed by atoms with Crippen LogP contribution in [0.1, 0.15) is 25.0 Å². The van der Waals surface area contributed by atoms with E-state index in [0.717, 1.165) is 11.1 Å². The van der Waals surface area contributed by atoms with Gasteiger partial charge in [0, 0.05) is 13.8 Å². The molecule has 1 N–H and O–H groups in total. The molecule has 1 fully saturated rings. The summed E-state index contributed by atoms with van der Waals surface area (Å²) in [6.07, 6.45) is -2.84. The Bertz CT molecular complexity index is 903. The van der Waals surface area contributed by atoms with Gasteiger partial charge in [0.15, 0.2) is 0 Å². The molecule has 0 aromatic heterocycles. The number of hydrogen-bond acceptors (Lipinski definition) is 7. The van der Waals surface area contributed by atoms with Crippen LogP contribution in [0.25, 0.3) is 0 Å². The smallest absolute Gasteiger partial charge is 0.303 e. The number of piperidine rings is 1. The SMILES string of the molecule is CC(=O)OC[C@H]1NC(=O)[C@H](OC(C)=O)[C@@H](OCc2ccccc2)[C@@H]1OCc1ccccc1. The second kappa shape index (κ2) is 11.4. The number of carbonyl (C=O) groups excluding carboxylic acids is 3. The molecule has 1 aliphatic heterocycles. The molecule has 8 nitrogen and oxygen atoms in total. The van der Waals surface area contributed by atoms with Gasteiger partial charge in [0.1, 0.15) is 18.8 Å². The molecule has 2 aromatic carbocycles. The third-order valence-electron chi connectivity index (χ3n) is 4.93. The lowest BCUT2D eigenvalue weighted by molar-refractivity contribution is -0.194. The largest absolute Gasteiger partial charge is 0.464 e. The third-order valence-corrected chi connectivity index (χ3v) is 4.93. The highest BCUT2D eigenvalue weighted by atomic mass is 16.6. The van der Waals surface area contributed by atoms with Gasteiger partial charge in [0.25, 0.3) is 5.91 Å². The fourth-order valence-corrected chi connectivity index (χ4v) is 3.47. The van der Waals surface area contributed by atoms with Gasteiger partial charge in [-0.25, -0.2) is 0 Å². The molecule has 0 bridgehead atoms. The summed E-state index contributed by atoms with van der Waals surface area (Å²) < 4.78 is 22.7. The molecule has 170 valence electrons. The van der Waals surface area contributed by atoms with Gasteiger partial charge in [-0.15, -0.1) is 0 Å². The van der Waals surface area contributed by atoms with Crippen molar-refractivity contribution in [2.45, 2.75) is 51.4 Å². The van der Waals surface area contributed by atoms with E-state index in [0.29, 0.717) is 0 Å². The highest BCUT2D eigenvalue weighted by Gasteiger charge is 2.48. The lowest BCUT2D eigenvalue weighted by Gasteiger charge is -2.41. The van der Waals surface area contributed by atoms with Crippen LogP contribution in [0.5, 0.6) is 0 Å². The first kappa shape index (κ1) is 23.4. The Morgan fingerprint density at radius 2 is 1.34 bits per heavy atom. The van der Waals surface area contributed by atoms with Crippen LogP contribution in [-0.4, -0.2) is 48.8 Å². The van der Waals surface area contributed by atoms with Crippen molar-refractivity contribution in [2.75, 3.05) is 6.61 Å². The van der Waals surface area contributed by atoms with Crippen molar-refractivity contribution in [2.24, 2.45) is 0 Å². The van der Waals surface area contributed by atoms with Gasteiger partial charge >= 0.3 is 11.9 Å². The fraction of sp³-hybridized carbons (Fsp3) is 0.375. The molecule has 32 heavy (non-hydrogen) atoms. The predicted octanol–water partition coefficient (Wildman–Crippen LogP) is 2.15. The number of rotatable bonds is 9. The Hall–Kier alpha value is -3.23. The zero-order chi connectivity index (χ0) is 22.9. The van der Waals surface area contributed by atoms with Crippen molar-refractivity contribution in [1.29, 1.82) is 0 Å². The Kier molecular flexibility index (Phi) is 8.35. The Morgan fingerprint density at radius 1 is 0.812 bits per heavy atom. The van der Waals surface area contributed by atoms with Crippen molar-refractivity contribution in [3.63, 3.8) is 0 Å². The van der Waals surface area contributed by atoms with Gasteiger partial charge in [0.05, 0.1) is 19.3 Å². The average molecular weight is 441 g/mol. The minimum atomic E-state index is -1.20. The second-order valence-electron chi connectivity index (χ2n) is 7.47. The third kappa shape index (κ3) is 6.63. The lowest BCUT2D eigenvalue weighted by Crippen LogP contribution is -2.66. The molecule has 2 aromatic rings. The number of ether oxygens (including phenoxy) is 4. The van der Waals surface area contributed by atoms with Gasteiger partial charge in [0.2, 0.25) is 6.10 Å². The molecule has 0 aliphatic carbocycles. The first-order valence-electron chi connectivity index (χ1n) is 10.4. The zero-order valence-corrected chi connectivity index (χ0v) is 18.1. The van der Waals surface area contributed by atoms with Gasteiger partial charge < -0.3 is 24.3 Å². The summed E-state index contributed by atoms with van der Waals surface area (Å²) in [5.41, 5.74) is 1.81. The highest BCUT2D eigenvalue weighted by Crippen LogP contribution is 2.24. The van der Waals surface area contributed by atoms with Gasteiger partial charge in [-0.05, 0) is 11.1 Å². The Labute approximate surface area is 186 Å². The summed E-state index contributed by atoms with van der Waals surface area (Å²) in [6, 6.07) is 18.2. The predicted molar refractivity (Wildman–Crippen MR) is 114 cm³/mol. The van der Waals surface area contributed by atoms with Crippen LogP contribution in [0.3, 0.4) is 0 Å². The zero-order valence-electron chi connectivity index (χ0n) is 18.1. The minimum Gasteiger partial charge on any atom is -0.464 e. The van der Waals surface area contributed by atoms with Gasteiger partial charge in [-0.2, -0.15) is 0 Å². The summed E-state index contributed by atoms with van der Waals surface area (Å²) in [4.78, 5) is 35.8. The molecule has 0 spiro atoms. The van der Waals surface area contributed by atoms with Crippen molar-refractivity contribution in [3.05, 3.63) is 71.8 Å². The quantitative estimate of drug-likeness (QED) is 0.595. The summed E-state index contributed by atoms with van der Waals surface area (Å²) in [5, 5.41) is 2.74. The number of nitrogens with one attached hydrogen (secondary N) is 1. The standard InChI is InChI=1S/C24H27NO7/c1-16(26)29-15-20-21(30-13-18-9-5-3-6-10-18)22(23(24(28)25-20)32-17(2)27)31-14-19-11-7-4-8-12-19/h3-12,20-23H,13-15H2,1-2H3,(H,25,28)/t20-,21-,22+,23-/m1/s1. The van der Waals surface area contributed by atoms with Crippen LogP contribution in [0.15, 0.2) is 60.7 Å². The van der Waals surface area contributed by atoms with Crippen molar-refractivity contribution >= 4 is 17.8 Å². The molecule has 0 unspecified atom stereocenters. The summed E-state index contributed by atoms with van der Waals surface area (Å²) >= 11 is 0. The maximum atomic E-state index is 12.8. The van der Waals surface area contributed by atoms with Crippen LogP contribution < -0.4 is 5.32 Å². The molecule has 3 rings (SSSR count). The first-order valence-corrected chi connectivity index (χ1v) is 10.4. The number of carbonyl (C=O) groups is 3.